The molecule has 0 aromatic rings. The third-order valence-corrected chi connectivity index (χ3v) is 8.57. The minimum atomic E-state index is -0.872. The SMILES string of the molecule is [3H][C@H]1C[C@@]2(O)C[C@]3(CCCCCCCCCCCCCCCCCOC=O)C[C@]3(OC(C)(C)C)[C@H]2O1. The first-order chi connectivity index (χ1) is 17.2. The Balaban J connectivity index is 1.18. The molecular formula is C30H54O5. The van der Waals surface area contributed by atoms with Crippen LogP contribution in [0, 0.1) is 5.41 Å². The van der Waals surface area contributed by atoms with E-state index in [1.165, 1.54) is 89.9 Å². The summed E-state index contributed by atoms with van der Waals surface area (Å²) in [6, 6.07) is 0. The van der Waals surface area contributed by atoms with Crippen molar-refractivity contribution >= 4 is 6.47 Å². The molecule has 3 rings (SSSR count). The zero-order valence-electron chi connectivity index (χ0n) is 24.0. The number of carbonyl (C=O) groups is 1. The Morgan fingerprint density at radius 2 is 1.40 bits per heavy atom. The Morgan fingerprint density at radius 1 is 0.886 bits per heavy atom. The van der Waals surface area contributed by atoms with E-state index in [0.29, 0.717) is 19.5 Å². The highest BCUT2D eigenvalue weighted by atomic mass is 16.6. The molecule has 5 nitrogen and oxygen atoms in total. The van der Waals surface area contributed by atoms with Gasteiger partial charge in [0, 0.05) is 11.8 Å². The molecule has 0 aromatic carbocycles. The third-order valence-electron chi connectivity index (χ3n) is 8.57. The average molecular weight is 497 g/mol. The van der Waals surface area contributed by atoms with E-state index in [4.69, 9.17) is 15.6 Å². The molecule has 1 aliphatic heterocycles. The van der Waals surface area contributed by atoms with Crippen molar-refractivity contribution in [1.29, 1.82) is 0 Å². The summed E-state index contributed by atoms with van der Waals surface area (Å²) in [6.45, 7) is 6.77. The van der Waals surface area contributed by atoms with Crippen molar-refractivity contribution < 1.29 is 25.5 Å². The molecule has 3 fully saturated rings. The summed E-state index contributed by atoms with van der Waals surface area (Å²) < 4.78 is 25.3. The summed E-state index contributed by atoms with van der Waals surface area (Å²) in [5.41, 5.74) is -1.49. The molecule has 5 atom stereocenters. The molecule has 1 N–H and O–H groups in total. The van der Waals surface area contributed by atoms with Crippen LogP contribution in [0.3, 0.4) is 0 Å². The summed E-state index contributed by atoms with van der Waals surface area (Å²) in [5.74, 6) is 0. The monoisotopic (exact) mass is 496 g/mol. The van der Waals surface area contributed by atoms with E-state index in [1.54, 1.807) is 0 Å². The largest absolute Gasteiger partial charge is 0.468 e. The first kappa shape index (κ1) is 27.4. The van der Waals surface area contributed by atoms with Crippen LogP contribution in [-0.2, 0) is 19.0 Å². The molecule has 0 radical (unpaired) electrons. The predicted molar refractivity (Wildman–Crippen MR) is 140 cm³/mol. The van der Waals surface area contributed by atoms with Crippen molar-refractivity contribution in [2.45, 2.75) is 166 Å². The minimum absolute atomic E-state index is 0.0462. The zero-order chi connectivity index (χ0) is 26.1. The number of aliphatic hydroxyl groups is 1. The lowest BCUT2D eigenvalue weighted by atomic mass is 9.88. The van der Waals surface area contributed by atoms with Crippen LogP contribution in [0.1, 0.15) is 144 Å². The second kappa shape index (κ2) is 13.2. The van der Waals surface area contributed by atoms with Gasteiger partial charge in [-0.1, -0.05) is 89.9 Å². The van der Waals surface area contributed by atoms with Gasteiger partial charge in [-0.25, -0.2) is 0 Å². The van der Waals surface area contributed by atoms with E-state index in [-0.39, 0.29) is 22.7 Å². The van der Waals surface area contributed by atoms with E-state index in [2.05, 4.69) is 20.8 Å². The molecule has 1 saturated heterocycles. The Kier molecular flexibility index (Phi) is 10.4. The summed E-state index contributed by atoms with van der Waals surface area (Å²) in [4.78, 5) is 10.1. The molecule has 2 aliphatic carbocycles. The van der Waals surface area contributed by atoms with Crippen LogP contribution in [0.25, 0.3) is 0 Å². The standard InChI is InChI=1S/C30H54O5/c1-27(2,3)35-30-24-28(30,23-29(32)20-22-34-26(29)30)19-17-15-13-11-9-7-5-4-6-8-10-12-14-16-18-21-33-25-31/h25-26,32H,4-24H2,1-3H3/t26-,28+,29+,30-/m0/s1/i22T/t22-,26-,28+,29+,30-. The van der Waals surface area contributed by atoms with Gasteiger partial charge in [-0.05, 0) is 46.5 Å². The normalized spacial score (nSPS) is 33.9. The van der Waals surface area contributed by atoms with Crippen molar-refractivity contribution in [2.24, 2.45) is 5.41 Å². The third kappa shape index (κ3) is 7.92. The maximum atomic E-state index is 11.2. The van der Waals surface area contributed by atoms with Crippen LogP contribution >= 0.6 is 0 Å². The number of hydrogen-bond donors (Lipinski definition) is 1. The first-order valence-corrected chi connectivity index (χ1v) is 14.7. The highest BCUT2D eigenvalue weighted by Crippen LogP contribution is 2.76. The van der Waals surface area contributed by atoms with E-state index in [9.17, 15) is 9.90 Å². The average Bonchev–Trinajstić information content (AvgIpc) is 3.17. The Labute approximate surface area is 216 Å². The fourth-order valence-corrected chi connectivity index (χ4v) is 6.99. The first-order valence-electron chi connectivity index (χ1n) is 15.3. The van der Waals surface area contributed by atoms with Gasteiger partial charge in [0.15, 0.2) is 0 Å². The van der Waals surface area contributed by atoms with Gasteiger partial charge in [-0.15, -0.1) is 0 Å². The Hall–Kier alpha value is -0.650. The molecule has 5 heteroatoms. The zero-order valence-corrected chi connectivity index (χ0v) is 23.0. The summed E-state index contributed by atoms with van der Waals surface area (Å²) in [7, 11) is 0. The highest BCUT2D eigenvalue weighted by molar-refractivity contribution is 5.36. The number of hydrogen-bond acceptors (Lipinski definition) is 5. The van der Waals surface area contributed by atoms with Crippen molar-refractivity contribution in [3.05, 3.63) is 0 Å². The van der Waals surface area contributed by atoms with Gasteiger partial charge in [0.1, 0.15) is 11.7 Å². The molecule has 35 heavy (non-hydrogen) atoms. The maximum absolute atomic E-state index is 11.2. The number of carbonyl (C=O) groups excluding carboxylic acids is 1. The van der Waals surface area contributed by atoms with Crippen LogP contribution in [0.5, 0.6) is 0 Å². The number of fused-ring (bicyclic) bond motifs is 3. The molecule has 1 heterocycles. The van der Waals surface area contributed by atoms with E-state index in [0.717, 1.165) is 25.7 Å². The smallest absolute Gasteiger partial charge is 0.293 e. The van der Waals surface area contributed by atoms with Crippen LogP contribution in [0.4, 0.5) is 0 Å². The Bertz CT molecular complexity index is 666. The van der Waals surface area contributed by atoms with Gasteiger partial charge in [0.05, 0.1) is 25.8 Å². The molecule has 0 spiro atoms. The number of rotatable bonds is 20. The molecule has 0 bridgehead atoms. The fraction of sp³-hybridized carbons (Fsp3) is 0.967. The maximum Gasteiger partial charge on any atom is 0.293 e. The summed E-state index contributed by atoms with van der Waals surface area (Å²) in [6.07, 6.45) is 22.3. The van der Waals surface area contributed by atoms with E-state index in [1.807, 2.05) is 0 Å². The molecule has 2 saturated carbocycles. The summed E-state index contributed by atoms with van der Waals surface area (Å²) >= 11 is 0. The molecule has 3 aliphatic rings. The quantitative estimate of drug-likeness (QED) is 0.142. The Morgan fingerprint density at radius 3 is 1.91 bits per heavy atom. The number of ether oxygens (including phenoxy) is 3. The van der Waals surface area contributed by atoms with Crippen molar-refractivity contribution in [2.75, 3.05) is 13.2 Å². The lowest BCUT2D eigenvalue weighted by Crippen LogP contribution is -2.46. The lowest BCUT2D eigenvalue weighted by molar-refractivity contribution is -0.159. The predicted octanol–water partition coefficient (Wildman–Crippen LogP) is 7.27. The van der Waals surface area contributed by atoms with E-state index < -0.39 is 12.2 Å². The van der Waals surface area contributed by atoms with Crippen LogP contribution in [-0.4, -0.2) is 47.7 Å². The number of unbranched alkanes of at least 4 members (excludes halogenated alkanes) is 14. The van der Waals surface area contributed by atoms with Gasteiger partial charge >= 0.3 is 0 Å². The topological polar surface area (TPSA) is 65.0 Å². The molecule has 0 amide bonds. The van der Waals surface area contributed by atoms with Crippen LogP contribution < -0.4 is 0 Å². The molecule has 204 valence electrons. The van der Waals surface area contributed by atoms with Gasteiger partial charge in [0.25, 0.3) is 6.47 Å². The van der Waals surface area contributed by atoms with E-state index >= 15 is 0 Å². The van der Waals surface area contributed by atoms with Gasteiger partial charge in [0.2, 0.25) is 0 Å². The summed E-state index contributed by atoms with van der Waals surface area (Å²) in [5, 5.41) is 11.2. The molecule has 0 unspecified atom stereocenters. The second-order valence-electron chi connectivity index (χ2n) is 12.7. The second-order valence-corrected chi connectivity index (χ2v) is 12.7. The van der Waals surface area contributed by atoms with Crippen LogP contribution in [0.2, 0.25) is 0 Å². The van der Waals surface area contributed by atoms with Gasteiger partial charge in [-0.2, -0.15) is 0 Å². The minimum Gasteiger partial charge on any atom is -0.468 e. The van der Waals surface area contributed by atoms with Gasteiger partial charge in [-0.3, -0.25) is 4.79 Å². The van der Waals surface area contributed by atoms with Crippen LogP contribution in [0.15, 0.2) is 0 Å². The van der Waals surface area contributed by atoms with Gasteiger partial charge < -0.3 is 19.3 Å². The molecular weight excluding hydrogens is 440 g/mol. The van der Waals surface area contributed by atoms with Crippen molar-refractivity contribution in [3.8, 4) is 0 Å². The molecule has 0 aromatic heterocycles. The van der Waals surface area contributed by atoms with Crippen molar-refractivity contribution in [1.82, 2.24) is 0 Å². The highest BCUT2D eigenvalue weighted by Gasteiger charge is 2.83. The van der Waals surface area contributed by atoms with Crippen molar-refractivity contribution in [3.63, 3.8) is 0 Å². The fourth-order valence-electron chi connectivity index (χ4n) is 6.99. The lowest BCUT2D eigenvalue weighted by Gasteiger charge is -2.34.